The van der Waals surface area contributed by atoms with Crippen molar-refractivity contribution in [3.8, 4) is 0 Å². The van der Waals surface area contributed by atoms with E-state index in [1.807, 2.05) is 13.8 Å². The maximum Gasteiger partial charge on any atom is 0.416 e. The van der Waals surface area contributed by atoms with Crippen molar-refractivity contribution in [3.05, 3.63) is 35.4 Å². The Morgan fingerprint density at radius 1 is 1.27 bits per heavy atom. The fourth-order valence-electron chi connectivity index (χ4n) is 1.78. The summed E-state index contributed by atoms with van der Waals surface area (Å²) in [7, 11) is -3.67. The average Bonchev–Trinajstić information content (AvgIpc) is 2.36. The van der Waals surface area contributed by atoms with Gasteiger partial charge in [-0.2, -0.15) is 13.2 Å². The zero-order chi connectivity index (χ0) is 16.1. The van der Waals surface area contributed by atoms with Crippen LogP contribution in [0.15, 0.2) is 24.3 Å². The summed E-state index contributed by atoms with van der Waals surface area (Å²) in [6.45, 7) is 4.61. The number of halogens is 4. The molecule has 4 nitrogen and oxygen atoms in total. The van der Waals surface area contributed by atoms with Gasteiger partial charge in [0, 0.05) is 12.6 Å². The Labute approximate surface area is 134 Å². The van der Waals surface area contributed by atoms with Gasteiger partial charge in [-0.3, -0.25) is 0 Å². The van der Waals surface area contributed by atoms with Crippen LogP contribution in [0.3, 0.4) is 0 Å². The molecule has 0 amide bonds. The zero-order valence-corrected chi connectivity index (χ0v) is 13.9. The molecule has 2 N–H and O–H groups in total. The van der Waals surface area contributed by atoms with Gasteiger partial charge >= 0.3 is 6.18 Å². The molecule has 0 spiro atoms. The van der Waals surface area contributed by atoms with E-state index in [0.29, 0.717) is 6.54 Å². The highest BCUT2D eigenvalue weighted by Gasteiger charge is 2.30. The lowest BCUT2D eigenvalue weighted by molar-refractivity contribution is -0.137. The first-order valence-electron chi connectivity index (χ1n) is 6.51. The number of alkyl halides is 3. The number of nitrogens with one attached hydrogen (secondary N) is 2. The van der Waals surface area contributed by atoms with Gasteiger partial charge in [-0.1, -0.05) is 25.1 Å². The molecule has 0 saturated heterocycles. The molecule has 0 unspecified atom stereocenters. The lowest BCUT2D eigenvalue weighted by atomic mass is 10.1. The topological polar surface area (TPSA) is 58.2 Å². The molecule has 0 heterocycles. The molecule has 1 aromatic carbocycles. The third-order valence-corrected chi connectivity index (χ3v) is 4.09. The van der Waals surface area contributed by atoms with Crippen molar-refractivity contribution < 1.29 is 21.6 Å². The quantitative estimate of drug-likeness (QED) is 0.785. The molecule has 0 saturated carbocycles. The minimum Gasteiger partial charge on any atom is -0.313 e. The molecule has 0 aromatic heterocycles. The van der Waals surface area contributed by atoms with Crippen LogP contribution in [0.25, 0.3) is 0 Å². The van der Waals surface area contributed by atoms with Gasteiger partial charge in [0.15, 0.2) is 0 Å². The second-order valence-corrected chi connectivity index (χ2v) is 6.57. The summed E-state index contributed by atoms with van der Waals surface area (Å²) in [5, 5.41) is 3.04. The molecule has 0 bridgehead atoms. The predicted molar refractivity (Wildman–Crippen MR) is 82.5 cm³/mol. The van der Waals surface area contributed by atoms with Crippen LogP contribution in [0.4, 0.5) is 13.2 Å². The van der Waals surface area contributed by atoms with Crippen molar-refractivity contribution in [2.24, 2.45) is 0 Å². The lowest BCUT2D eigenvalue weighted by Crippen LogP contribution is -2.39. The maximum atomic E-state index is 12.6. The van der Waals surface area contributed by atoms with Crippen molar-refractivity contribution in [1.82, 2.24) is 10.0 Å². The van der Waals surface area contributed by atoms with Gasteiger partial charge in [-0.05, 0) is 25.1 Å². The Kier molecular flexibility index (Phi) is 8.38. The molecule has 0 aliphatic heterocycles. The largest absolute Gasteiger partial charge is 0.416 e. The Hall–Kier alpha value is -0.830. The van der Waals surface area contributed by atoms with Gasteiger partial charge in [-0.15, -0.1) is 12.4 Å². The minimum atomic E-state index is -4.48. The van der Waals surface area contributed by atoms with Gasteiger partial charge in [0.1, 0.15) is 0 Å². The molecule has 1 atom stereocenters. The smallest absolute Gasteiger partial charge is 0.313 e. The standard InChI is InChI=1S/C13H19F3N2O2S.ClH/c1-3-17-10(2)8-18-21(19,20)9-11-5-4-6-12(7-11)13(14,15)16;/h4-7,10,17-18H,3,8-9H2,1-2H3;1H/t10-;/m1./s1. The number of benzene rings is 1. The summed E-state index contributed by atoms with van der Waals surface area (Å²) in [6.07, 6.45) is -4.48. The van der Waals surface area contributed by atoms with Crippen LogP contribution < -0.4 is 10.0 Å². The molecule has 1 aromatic rings. The Morgan fingerprint density at radius 2 is 1.91 bits per heavy atom. The van der Waals surface area contributed by atoms with E-state index >= 15 is 0 Å². The molecule has 0 fully saturated rings. The summed E-state index contributed by atoms with van der Waals surface area (Å²) in [4.78, 5) is 0. The molecule has 22 heavy (non-hydrogen) atoms. The molecule has 1 rings (SSSR count). The van der Waals surface area contributed by atoms with E-state index in [2.05, 4.69) is 10.0 Å². The minimum absolute atomic E-state index is 0. The van der Waals surface area contributed by atoms with E-state index < -0.39 is 27.5 Å². The fourth-order valence-corrected chi connectivity index (χ4v) is 3.00. The second kappa shape index (κ2) is 8.71. The average molecular weight is 361 g/mol. The molecular weight excluding hydrogens is 341 g/mol. The van der Waals surface area contributed by atoms with Crippen LogP contribution in [0, 0.1) is 0 Å². The van der Waals surface area contributed by atoms with Gasteiger partial charge in [0.2, 0.25) is 10.0 Å². The summed E-state index contributed by atoms with van der Waals surface area (Å²) in [5.41, 5.74) is -0.746. The second-order valence-electron chi connectivity index (χ2n) is 4.76. The summed E-state index contributed by atoms with van der Waals surface area (Å²) >= 11 is 0. The van der Waals surface area contributed by atoms with Crippen LogP contribution >= 0.6 is 12.4 Å². The Balaban J connectivity index is 0.00000441. The monoisotopic (exact) mass is 360 g/mol. The van der Waals surface area contributed by atoms with Crippen LogP contribution in [-0.2, 0) is 22.0 Å². The van der Waals surface area contributed by atoms with E-state index in [1.54, 1.807) is 0 Å². The van der Waals surface area contributed by atoms with Crippen molar-refractivity contribution in [2.45, 2.75) is 31.8 Å². The third kappa shape index (κ3) is 7.44. The molecular formula is C13H20ClF3N2O2S. The van der Waals surface area contributed by atoms with Crippen molar-refractivity contribution in [2.75, 3.05) is 13.1 Å². The maximum absolute atomic E-state index is 12.6. The Morgan fingerprint density at radius 3 is 2.45 bits per heavy atom. The Bertz CT molecular complexity index is 565. The van der Waals surface area contributed by atoms with E-state index in [1.165, 1.54) is 12.1 Å². The van der Waals surface area contributed by atoms with Crippen LogP contribution in [0.2, 0.25) is 0 Å². The molecule has 128 valence electrons. The van der Waals surface area contributed by atoms with E-state index in [4.69, 9.17) is 0 Å². The van der Waals surface area contributed by atoms with Gasteiger partial charge in [0.25, 0.3) is 0 Å². The van der Waals surface area contributed by atoms with E-state index in [-0.39, 0.29) is 30.6 Å². The highest BCUT2D eigenvalue weighted by atomic mass is 35.5. The first-order chi connectivity index (χ1) is 9.64. The van der Waals surface area contributed by atoms with Gasteiger partial charge in [-0.25, -0.2) is 13.1 Å². The van der Waals surface area contributed by atoms with E-state index in [9.17, 15) is 21.6 Å². The zero-order valence-electron chi connectivity index (χ0n) is 12.3. The van der Waals surface area contributed by atoms with Gasteiger partial charge in [0.05, 0.1) is 11.3 Å². The summed E-state index contributed by atoms with van der Waals surface area (Å²) in [5.74, 6) is -0.476. The fraction of sp³-hybridized carbons (Fsp3) is 0.538. The molecule has 0 radical (unpaired) electrons. The molecule has 9 heteroatoms. The normalized spacial score (nSPS) is 13.5. The number of sulfonamides is 1. The predicted octanol–water partition coefficient (Wildman–Crippen LogP) is 2.54. The molecule has 0 aliphatic rings. The number of rotatable bonds is 7. The van der Waals surface area contributed by atoms with E-state index in [0.717, 1.165) is 12.1 Å². The summed E-state index contributed by atoms with van der Waals surface area (Å²) in [6, 6.07) is 4.28. The van der Waals surface area contributed by atoms with Crippen molar-refractivity contribution >= 4 is 22.4 Å². The van der Waals surface area contributed by atoms with Gasteiger partial charge < -0.3 is 5.32 Å². The first-order valence-corrected chi connectivity index (χ1v) is 8.16. The number of hydrogen-bond donors (Lipinski definition) is 2. The highest BCUT2D eigenvalue weighted by molar-refractivity contribution is 7.88. The molecule has 0 aliphatic carbocycles. The third-order valence-electron chi connectivity index (χ3n) is 2.77. The van der Waals surface area contributed by atoms with Crippen LogP contribution in [0.1, 0.15) is 25.0 Å². The van der Waals surface area contributed by atoms with Crippen LogP contribution in [0.5, 0.6) is 0 Å². The summed E-state index contributed by atoms with van der Waals surface area (Å²) < 4.78 is 63.8. The first kappa shape index (κ1) is 21.2. The van der Waals surface area contributed by atoms with Crippen molar-refractivity contribution in [1.29, 1.82) is 0 Å². The highest BCUT2D eigenvalue weighted by Crippen LogP contribution is 2.29. The van der Waals surface area contributed by atoms with Crippen molar-refractivity contribution in [3.63, 3.8) is 0 Å². The number of hydrogen-bond acceptors (Lipinski definition) is 3. The van der Waals surface area contributed by atoms with Crippen LogP contribution in [-0.4, -0.2) is 27.5 Å². The number of likely N-dealkylation sites (N-methyl/N-ethyl adjacent to an activating group) is 1. The lowest BCUT2D eigenvalue weighted by Gasteiger charge is -2.14. The SMILES string of the molecule is CCN[C@H](C)CNS(=O)(=O)Cc1cccc(C(F)(F)F)c1.Cl.